The van der Waals surface area contributed by atoms with Crippen molar-refractivity contribution in [2.75, 3.05) is 19.7 Å². The SMILES string of the molecule is Cc1noc([C@@H](C)N2CCO[C@H](Cn3nc(C)nc3C)C2)n1. The van der Waals surface area contributed by atoms with Crippen LogP contribution >= 0.6 is 0 Å². The lowest BCUT2D eigenvalue weighted by Gasteiger charge is -2.35. The second kappa shape index (κ2) is 6.13. The fraction of sp³-hybridized carbons (Fsp3) is 0.714. The maximum Gasteiger partial charge on any atom is 0.243 e. The highest BCUT2D eigenvalue weighted by molar-refractivity contribution is 4.93. The predicted octanol–water partition coefficient (Wildman–Crippen LogP) is 1.05. The molecule has 0 aliphatic carbocycles. The van der Waals surface area contributed by atoms with Crippen LogP contribution in [0.5, 0.6) is 0 Å². The summed E-state index contributed by atoms with van der Waals surface area (Å²) in [7, 11) is 0. The number of rotatable bonds is 4. The molecule has 0 N–H and O–H groups in total. The summed E-state index contributed by atoms with van der Waals surface area (Å²) in [5.74, 6) is 3.03. The van der Waals surface area contributed by atoms with Gasteiger partial charge in [-0.3, -0.25) is 4.90 Å². The van der Waals surface area contributed by atoms with E-state index in [-0.39, 0.29) is 12.1 Å². The minimum Gasteiger partial charge on any atom is -0.374 e. The zero-order valence-electron chi connectivity index (χ0n) is 13.5. The molecule has 8 nitrogen and oxygen atoms in total. The zero-order valence-corrected chi connectivity index (χ0v) is 13.5. The molecule has 3 rings (SSSR count). The van der Waals surface area contributed by atoms with Gasteiger partial charge < -0.3 is 9.26 Å². The Morgan fingerprint density at radius 1 is 1.23 bits per heavy atom. The van der Waals surface area contributed by atoms with E-state index in [1.54, 1.807) is 0 Å². The summed E-state index contributed by atoms with van der Waals surface area (Å²) in [5.41, 5.74) is 0. The Balaban J connectivity index is 1.65. The summed E-state index contributed by atoms with van der Waals surface area (Å²) in [6.45, 7) is 10.8. The second-order valence-electron chi connectivity index (χ2n) is 5.73. The van der Waals surface area contributed by atoms with Crippen molar-refractivity contribution in [1.82, 2.24) is 29.8 Å². The average Bonchev–Trinajstić information content (AvgIpc) is 3.05. The normalized spacial score (nSPS) is 21.2. The number of ether oxygens (including phenoxy) is 1. The highest BCUT2D eigenvalue weighted by Crippen LogP contribution is 2.21. The average molecular weight is 306 g/mol. The Labute approximate surface area is 129 Å². The van der Waals surface area contributed by atoms with Gasteiger partial charge in [-0.2, -0.15) is 10.1 Å². The molecule has 8 heteroatoms. The molecule has 0 radical (unpaired) electrons. The number of morpholine rings is 1. The van der Waals surface area contributed by atoms with Crippen LogP contribution in [0.4, 0.5) is 0 Å². The molecule has 0 bridgehead atoms. The highest BCUT2D eigenvalue weighted by atomic mass is 16.5. The number of aryl methyl sites for hydroxylation is 3. The summed E-state index contributed by atoms with van der Waals surface area (Å²) >= 11 is 0. The number of aromatic nitrogens is 5. The summed E-state index contributed by atoms with van der Waals surface area (Å²) in [5, 5.41) is 8.27. The largest absolute Gasteiger partial charge is 0.374 e. The molecule has 1 fully saturated rings. The Kier molecular flexibility index (Phi) is 4.21. The molecule has 22 heavy (non-hydrogen) atoms. The number of hydrogen-bond donors (Lipinski definition) is 0. The van der Waals surface area contributed by atoms with Gasteiger partial charge in [0, 0.05) is 13.1 Å². The van der Waals surface area contributed by atoms with E-state index in [1.807, 2.05) is 25.5 Å². The number of nitrogens with zero attached hydrogens (tertiary/aromatic N) is 6. The first-order chi connectivity index (χ1) is 10.5. The summed E-state index contributed by atoms with van der Waals surface area (Å²) < 4.78 is 13.1. The molecule has 0 unspecified atom stereocenters. The smallest absolute Gasteiger partial charge is 0.243 e. The zero-order chi connectivity index (χ0) is 15.7. The van der Waals surface area contributed by atoms with Gasteiger partial charge in [-0.25, -0.2) is 9.67 Å². The van der Waals surface area contributed by atoms with E-state index in [1.165, 1.54) is 0 Å². The van der Waals surface area contributed by atoms with Crippen LogP contribution in [-0.4, -0.2) is 55.6 Å². The van der Waals surface area contributed by atoms with Gasteiger partial charge in [-0.05, 0) is 27.7 Å². The molecule has 2 atom stereocenters. The lowest BCUT2D eigenvalue weighted by atomic mass is 10.2. The molecule has 0 spiro atoms. The van der Waals surface area contributed by atoms with Crippen molar-refractivity contribution in [3.05, 3.63) is 23.4 Å². The molecule has 1 aliphatic heterocycles. The molecule has 1 aliphatic rings. The molecule has 120 valence electrons. The lowest BCUT2D eigenvalue weighted by Crippen LogP contribution is -2.45. The van der Waals surface area contributed by atoms with Crippen LogP contribution in [-0.2, 0) is 11.3 Å². The third-order valence-corrected chi connectivity index (χ3v) is 3.96. The summed E-state index contributed by atoms with van der Waals surface area (Å²) in [4.78, 5) is 11.0. The molecule has 0 aromatic carbocycles. The standard InChI is InChI=1S/C14H22N6O2/c1-9(14-16-11(3)18-22-14)19-5-6-21-13(7-19)8-20-12(4)15-10(2)17-20/h9,13H,5-8H2,1-4H3/t9-,13+/m1/s1. The monoisotopic (exact) mass is 306 g/mol. The van der Waals surface area contributed by atoms with Crippen molar-refractivity contribution in [1.29, 1.82) is 0 Å². The third-order valence-electron chi connectivity index (χ3n) is 3.96. The van der Waals surface area contributed by atoms with Gasteiger partial charge in [-0.1, -0.05) is 5.16 Å². The van der Waals surface area contributed by atoms with Crippen LogP contribution in [0.3, 0.4) is 0 Å². The van der Waals surface area contributed by atoms with Gasteiger partial charge in [0.05, 0.1) is 25.3 Å². The van der Waals surface area contributed by atoms with Crippen molar-refractivity contribution in [2.24, 2.45) is 0 Å². The van der Waals surface area contributed by atoms with Crippen LogP contribution in [0.25, 0.3) is 0 Å². The van der Waals surface area contributed by atoms with Crippen molar-refractivity contribution in [2.45, 2.75) is 46.4 Å². The van der Waals surface area contributed by atoms with Gasteiger partial charge in [0.15, 0.2) is 5.82 Å². The lowest BCUT2D eigenvalue weighted by molar-refractivity contribution is -0.0535. The maximum absolute atomic E-state index is 5.87. The van der Waals surface area contributed by atoms with E-state index in [4.69, 9.17) is 9.26 Å². The van der Waals surface area contributed by atoms with E-state index in [0.29, 0.717) is 24.9 Å². The number of hydrogen-bond acceptors (Lipinski definition) is 7. The first-order valence-electron chi connectivity index (χ1n) is 7.57. The minimum atomic E-state index is 0.0834. The minimum absolute atomic E-state index is 0.0834. The molecule has 2 aromatic rings. The van der Waals surface area contributed by atoms with Crippen LogP contribution in [0.2, 0.25) is 0 Å². The van der Waals surface area contributed by atoms with E-state index < -0.39 is 0 Å². The third kappa shape index (κ3) is 3.17. The quantitative estimate of drug-likeness (QED) is 0.835. The van der Waals surface area contributed by atoms with E-state index in [9.17, 15) is 0 Å². The van der Waals surface area contributed by atoms with E-state index in [2.05, 4.69) is 32.0 Å². The first-order valence-corrected chi connectivity index (χ1v) is 7.57. The maximum atomic E-state index is 5.87. The fourth-order valence-electron chi connectivity index (χ4n) is 2.77. The molecule has 0 saturated carbocycles. The van der Waals surface area contributed by atoms with Gasteiger partial charge in [0.25, 0.3) is 0 Å². The Hall–Kier alpha value is -1.80. The van der Waals surface area contributed by atoms with Gasteiger partial charge in [0.1, 0.15) is 11.6 Å². The molecule has 2 aromatic heterocycles. The van der Waals surface area contributed by atoms with E-state index in [0.717, 1.165) is 24.7 Å². The van der Waals surface area contributed by atoms with Gasteiger partial charge in [0.2, 0.25) is 5.89 Å². The summed E-state index contributed by atoms with van der Waals surface area (Å²) in [6.07, 6.45) is 0.0834. The Morgan fingerprint density at radius 3 is 2.68 bits per heavy atom. The molecule has 3 heterocycles. The second-order valence-corrected chi connectivity index (χ2v) is 5.73. The Bertz CT molecular complexity index is 637. The van der Waals surface area contributed by atoms with Crippen LogP contribution in [0.15, 0.2) is 4.52 Å². The molecule has 0 amide bonds. The van der Waals surface area contributed by atoms with Crippen molar-refractivity contribution < 1.29 is 9.26 Å². The van der Waals surface area contributed by atoms with Crippen molar-refractivity contribution in [3.8, 4) is 0 Å². The summed E-state index contributed by atoms with van der Waals surface area (Å²) in [6, 6.07) is 0.0891. The van der Waals surface area contributed by atoms with Gasteiger partial charge >= 0.3 is 0 Å². The topological polar surface area (TPSA) is 82.1 Å². The van der Waals surface area contributed by atoms with Crippen molar-refractivity contribution >= 4 is 0 Å². The molecule has 1 saturated heterocycles. The van der Waals surface area contributed by atoms with Crippen LogP contribution < -0.4 is 0 Å². The molecular weight excluding hydrogens is 284 g/mol. The fourth-order valence-corrected chi connectivity index (χ4v) is 2.77. The molecular formula is C14H22N6O2. The highest BCUT2D eigenvalue weighted by Gasteiger charge is 2.28. The van der Waals surface area contributed by atoms with E-state index >= 15 is 0 Å². The predicted molar refractivity (Wildman–Crippen MR) is 78.3 cm³/mol. The first kappa shape index (κ1) is 15.1. The van der Waals surface area contributed by atoms with Crippen molar-refractivity contribution in [3.63, 3.8) is 0 Å². The Morgan fingerprint density at radius 2 is 2.05 bits per heavy atom. The van der Waals surface area contributed by atoms with Gasteiger partial charge in [-0.15, -0.1) is 0 Å². The van der Waals surface area contributed by atoms with Crippen LogP contribution in [0.1, 0.15) is 36.3 Å². The van der Waals surface area contributed by atoms with Crippen LogP contribution in [0, 0.1) is 20.8 Å².